The Balaban J connectivity index is 1.34. The fraction of sp³-hybridized carbons (Fsp3) is 0.0667. The number of hydrogen-bond acceptors (Lipinski definition) is 2. The first-order chi connectivity index (χ1) is 24.1. The Kier molecular flexibility index (Phi) is 5.62. The van der Waals surface area contributed by atoms with Gasteiger partial charge in [-0.15, -0.1) is 0 Å². The summed E-state index contributed by atoms with van der Waals surface area (Å²) in [5.74, 6) is 1.58. The highest BCUT2D eigenvalue weighted by molar-refractivity contribution is 9.10. The first-order valence-corrected chi connectivity index (χ1v) is 18.1. The molecule has 1 heterocycles. The lowest BCUT2D eigenvalue weighted by Crippen LogP contribution is -2.29. The molecule has 11 rings (SSSR count). The molecule has 0 saturated heterocycles. The quantitative estimate of drug-likeness (QED) is 0.175. The standard InChI is InChI=1S/C45H26Br2O2/c46-28-11-7-9-26(21-28)44(27-10-8-12-29(47)22-27)37-19-20-38-42(43(37)33-23-40-41(24-39(33)44)49-25-48-40)32-15-3-6-18-36(32)45(38)34-16-4-1-13-30(34)31-14-2-5-17-35(31)45/h1-24H,25H2. The molecular formula is C45H26Br2O2. The molecule has 0 N–H and O–H groups in total. The normalized spacial score (nSPS) is 15.7. The van der Waals surface area contributed by atoms with Gasteiger partial charge in [-0.3, -0.25) is 0 Å². The van der Waals surface area contributed by atoms with Gasteiger partial charge in [0.2, 0.25) is 6.79 Å². The van der Waals surface area contributed by atoms with Crippen LogP contribution in [0, 0.1) is 0 Å². The first-order valence-electron chi connectivity index (χ1n) is 16.6. The summed E-state index contributed by atoms with van der Waals surface area (Å²) in [6, 6.07) is 54.0. The molecule has 49 heavy (non-hydrogen) atoms. The molecule has 2 nitrogen and oxygen atoms in total. The summed E-state index contributed by atoms with van der Waals surface area (Å²) in [6.45, 7) is 0.220. The van der Waals surface area contributed by atoms with Gasteiger partial charge < -0.3 is 9.47 Å². The lowest BCUT2D eigenvalue weighted by molar-refractivity contribution is 0.174. The summed E-state index contributed by atoms with van der Waals surface area (Å²) in [4.78, 5) is 0. The van der Waals surface area contributed by atoms with E-state index in [1.807, 2.05) is 0 Å². The summed E-state index contributed by atoms with van der Waals surface area (Å²) >= 11 is 7.68. The molecule has 4 heteroatoms. The first kappa shape index (κ1) is 28.0. The predicted octanol–water partition coefficient (Wildman–Crippen LogP) is 11.6. The van der Waals surface area contributed by atoms with E-state index in [0.717, 1.165) is 20.4 Å². The van der Waals surface area contributed by atoms with Gasteiger partial charge in [-0.1, -0.05) is 141 Å². The SMILES string of the molecule is Brc1cccc(C2(c3cccc(Br)c3)c3cc4c(cc3-c3c2ccc2c3-c3ccccc3C23c2ccccc2-c2ccccc23)OCO4)c1. The molecule has 3 aliphatic carbocycles. The summed E-state index contributed by atoms with van der Waals surface area (Å²) in [6.07, 6.45) is 0. The molecule has 0 bridgehead atoms. The Morgan fingerprint density at radius 3 is 1.47 bits per heavy atom. The van der Waals surface area contributed by atoms with E-state index in [-0.39, 0.29) is 6.79 Å². The highest BCUT2D eigenvalue weighted by Gasteiger charge is 2.55. The molecule has 0 fully saturated rings. The van der Waals surface area contributed by atoms with E-state index < -0.39 is 10.8 Å². The lowest BCUT2D eigenvalue weighted by atomic mass is 9.66. The molecule has 232 valence electrons. The summed E-state index contributed by atoms with van der Waals surface area (Å²) in [5, 5.41) is 0. The van der Waals surface area contributed by atoms with Crippen LogP contribution in [0.25, 0.3) is 33.4 Å². The maximum absolute atomic E-state index is 6.10. The van der Waals surface area contributed by atoms with Crippen LogP contribution < -0.4 is 9.47 Å². The van der Waals surface area contributed by atoms with Crippen molar-refractivity contribution in [2.24, 2.45) is 0 Å². The van der Waals surface area contributed by atoms with E-state index in [4.69, 9.17) is 9.47 Å². The maximum atomic E-state index is 6.10. The van der Waals surface area contributed by atoms with Crippen LogP contribution in [0.3, 0.4) is 0 Å². The lowest BCUT2D eigenvalue weighted by Gasteiger charge is -2.35. The Morgan fingerprint density at radius 2 is 0.878 bits per heavy atom. The van der Waals surface area contributed by atoms with Crippen LogP contribution in [-0.2, 0) is 10.8 Å². The van der Waals surface area contributed by atoms with Crippen molar-refractivity contribution in [2.75, 3.05) is 6.79 Å². The molecule has 1 spiro atoms. The molecule has 7 aromatic carbocycles. The van der Waals surface area contributed by atoms with E-state index in [1.165, 1.54) is 77.9 Å². The zero-order valence-corrected chi connectivity index (χ0v) is 29.3. The van der Waals surface area contributed by atoms with Crippen molar-refractivity contribution in [3.8, 4) is 44.9 Å². The van der Waals surface area contributed by atoms with Crippen LogP contribution in [0.5, 0.6) is 11.5 Å². The van der Waals surface area contributed by atoms with Crippen LogP contribution in [0.4, 0.5) is 0 Å². The largest absolute Gasteiger partial charge is 0.454 e. The van der Waals surface area contributed by atoms with E-state index in [9.17, 15) is 0 Å². The average molecular weight is 759 g/mol. The maximum Gasteiger partial charge on any atom is 0.231 e. The predicted molar refractivity (Wildman–Crippen MR) is 202 cm³/mol. The van der Waals surface area contributed by atoms with E-state index in [1.54, 1.807) is 0 Å². The zero-order chi connectivity index (χ0) is 32.5. The fourth-order valence-electron chi connectivity index (χ4n) is 9.61. The molecule has 4 aliphatic rings. The third-order valence-corrected chi connectivity index (χ3v) is 12.3. The van der Waals surface area contributed by atoms with Gasteiger partial charge in [0.25, 0.3) is 0 Å². The Morgan fingerprint density at radius 1 is 0.388 bits per heavy atom. The van der Waals surface area contributed by atoms with E-state index in [0.29, 0.717) is 0 Å². The monoisotopic (exact) mass is 756 g/mol. The molecule has 0 radical (unpaired) electrons. The molecule has 0 amide bonds. The Labute approximate surface area is 301 Å². The second-order valence-electron chi connectivity index (χ2n) is 13.3. The van der Waals surface area contributed by atoms with Gasteiger partial charge in [0.1, 0.15) is 0 Å². The van der Waals surface area contributed by atoms with E-state index >= 15 is 0 Å². The number of hydrogen-bond donors (Lipinski definition) is 0. The second-order valence-corrected chi connectivity index (χ2v) is 15.2. The van der Waals surface area contributed by atoms with Crippen molar-refractivity contribution in [2.45, 2.75) is 10.8 Å². The van der Waals surface area contributed by atoms with Gasteiger partial charge in [-0.25, -0.2) is 0 Å². The highest BCUT2D eigenvalue weighted by Crippen LogP contribution is 2.68. The number of benzene rings is 7. The topological polar surface area (TPSA) is 18.5 Å². The molecular weight excluding hydrogens is 732 g/mol. The minimum absolute atomic E-state index is 0.220. The van der Waals surface area contributed by atoms with Crippen molar-refractivity contribution in [3.63, 3.8) is 0 Å². The summed E-state index contributed by atoms with van der Waals surface area (Å²) in [5.41, 5.74) is 16.8. The number of halogens is 2. The van der Waals surface area contributed by atoms with Crippen molar-refractivity contribution in [3.05, 3.63) is 199 Å². The summed E-state index contributed by atoms with van der Waals surface area (Å²) < 4.78 is 14.3. The Bertz CT molecular complexity index is 2490. The van der Waals surface area contributed by atoms with Gasteiger partial charge in [-0.05, 0) is 114 Å². The van der Waals surface area contributed by atoms with Gasteiger partial charge in [0.05, 0.1) is 10.8 Å². The number of fused-ring (bicyclic) bond motifs is 15. The number of rotatable bonds is 2. The molecule has 0 unspecified atom stereocenters. The Hall–Kier alpha value is -4.90. The third-order valence-electron chi connectivity index (χ3n) is 11.3. The molecule has 1 aliphatic heterocycles. The van der Waals surface area contributed by atoms with E-state index in [2.05, 4.69) is 177 Å². The molecule has 7 aromatic rings. The van der Waals surface area contributed by atoms with Gasteiger partial charge >= 0.3 is 0 Å². The second kappa shape index (κ2) is 9.84. The minimum Gasteiger partial charge on any atom is -0.454 e. The van der Waals surface area contributed by atoms with Crippen molar-refractivity contribution in [1.29, 1.82) is 0 Å². The highest BCUT2D eigenvalue weighted by atomic mass is 79.9. The summed E-state index contributed by atoms with van der Waals surface area (Å²) in [7, 11) is 0. The van der Waals surface area contributed by atoms with Crippen molar-refractivity contribution >= 4 is 31.9 Å². The van der Waals surface area contributed by atoms with Crippen LogP contribution in [0.2, 0.25) is 0 Å². The average Bonchev–Trinajstić information content (AvgIpc) is 3.87. The van der Waals surface area contributed by atoms with Crippen molar-refractivity contribution in [1.82, 2.24) is 0 Å². The molecule has 0 atom stereocenters. The molecule has 0 aromatic heterocycles. The van der Waals surface area contributed by atoms with Crippen LogP contribution in [0.15, 0.2) is 155 Å². The van der Waals surface area contributed by atoms with Crippen molar-refractivity contribution < 1.29 is 9.47 Å². The van der Waals surface area contributed by atoms with Gasteiger partial charge in [0.15, 0.2) is 11.5 Å². The van der Waals surface area contributed by atoms with Crippen LogP contribution in [0.1, 0.15) is 44.5 Å². The third kappa shape index (κ3) is 3.36. The van der Waals surface area contributed by atoms with Crippen LogP contribution in [-0.4, -0.2) is 6.79 Å². The smallest absolute Gasteiger partial charge is 0.231 e. The zero-order valence-electron chi connectivity index (χ0n) is 26.1. The van der Waals surface area contributed by atoms with Crippen LogP contribution >= 0.6 is 31.9 Å². The van der Waals surface area contributed by atoms with Gasteiger partial charge in [0, 0.05) is 8.95 Å². The van der Waals surface area contributed by atoms with Gasteiger partial charge in [-0.2, -0.15) is 0 Å². The number of ether oxygens (including phenoxy) is 2. The fourth-order valence-corrected chi connectivity index (χ4v) is 10.4. The molecule has 0 saturated carbocycles. The minimum atomic E-state index is -0.621.